The molecule has 0 radical (unpaired) electrons. The first-order valence-electron chi connectivity index (χ1n) is 14.1. The van der Waals surface area contributed by atoms with E-state index < -0.39 is 47.9 Å². The maximum atomic E-state index is 15.4. The Kier molecular flexibility index (Phi) is 9.96. The molecule has 3 aromatic rings. The Balaban J connectivity index is 1.57. The summed E-state index contributed by atoms with van der Waals surface area (Å²) < 4.78 is 102. The molecule has 0 aliphatic heterocycles. The highest BCUT2D eigenvalue weighted by atomic mass is 19.4. The van der Waals surface area contributed by atoms with Crippen molar-refractivity contribution < 1.29 is 40.3 Å². The number of rotatable bonds is 10. The molecule has 0 spiro atoms. The number of fused-ring (bicyclic) bond motifs is 1. The highest BCUT2D eigenvalue weighted by Crippen LogP contribution is 2.38. The number of alkyl halides is 5. The summed E-state index contributed by atoms with van der Waals surface area (Å²) >= 11 is 0. The van der Waals surface area contributed by atoms with Crippen LogP contribution in [0, 0.1) is 23.0 Å². The van der Waals surface area contributed by atoms with Gasteiger partial charge < -0.3 is 20.7 Å². The van der Waals surface area contributed by atoms with Crippen LogP contribution >= 0.6 is 0 Å². The summed E-state index contributed by atoms with van der Waals surface area (Å²) in [6.45, 7) is 4.03. The van der Waals surface area contributed by atoms with E-state index in [2.05, 4.69) is 25.9 Å². The van der Waals surface area contributed by atoms with Crippen LogP contribution in [0.4, 0.5) is 42.4 Å². The molecule has 1 saturated carbocycles. The lowest BCUT2D eigenvalue weighted by molar-refractivity contribution is -0.182. The number of halogens is 7. The van der Waals surface area contributed by atoms with Crippen molar-refractivity contribution in [2.45, 2.75) is 78.2 Å². The Morgan fingerprint density at radius 2 is 1.73 bits per heavy atom. The molecular formula is C29H35F7N6O2. The molecule has 1 amide bonds. The van der Waals surface area contributed by atoms with E-state index in [4.69, 9.17) is 4.74 Å². The smallest absolute Gasteiger partial charge is 0.391 e. The average molecular weight is 633 g/mol. The first kappa shape index (κ1) is 33.3. The molecule has 4 rings (SSSR count). The number of carbonyl (C=O) groups excluding carboxylic acids is 1. The van der Waals surface area contributed by atoms with Gasteiger partial charge in [0.15, 0.2) is 18.1 Å². The summed E-state index contributed by atoms with van der Waals surface area (Å²) in [6, 6.07) is 3.57. The number of amides is 1. The minimum Gasteiger partial charge on any atom is -0.471 e. The van der Waals surface area contributed by atoms with Crippen LogP contribution in [-0.2, 0) is 24.9 Å². The van der Waals surface area contributed by atoms with E-state index in [-0.39, 0.29) is 66.4 Å². The Bertz CT molecular complexity index is 1480. The van der Waals surface area contributed by atoms with Crippen LogP contribution in [0.3, 0.4) is 0 Å². The fourth-order valence-corrected chi connectivity index (χ4v) is 4.92. The van der Waals surface area contributed by atoms with Gasteiger partial charge in [0.25, 0.3) is 6.43 Å². The van der Waals surface area contributed by atoms with Gasteiger partial charge in [0.05, 0.1) is 5.92 Å². The summed E-state index contributed by atoms with van der Waals surface area (Å²) in [7, 11) is 1.50. The number of imidazole rings is 1. The molecule has 242 valence electrons. The first-order valence-corrected chi connectivity index (χ1v) is 14.1. The van der Waals surface area contributed by atoms with Gasteiger partial charge >= 0.3 is 6.18 Å². The van der Waals surface area contributed by atoms with Crippen molar-refractivity contribution in [2.24, 2.45) is 18.4 Å². The molecule has 1 fully saturated rings. The van der Waals surface area contributed by atoms with E-state index in [0.29, 0.717) is 18.4 Å². The molecule has 3 N–H and O–H groups in total. The van der Waals surface area contributed by atoms with Crippen LogP contribution in [0.1, 0.15) is 57.6 Å². The third-order valence-corrected chi connectivity index (χ3v) is 7.53. The predicted octanol–water partition coefficient (Wildman–Crippen LogP) is 6.51. The Morgan fingerprint density at radius 3 is 2.34 bits per heavy atom. The summed E-state index contributed by atoms with van der Waals surface area (Å²) in [6.07, 6.45) is -6.47. The SMILES string of the molecule is Cn1c(Nc2c(F)ccc(CNC(=O)C(C)(C)C)c2F)nc2cc(CNC3CCC(C(F)(F)F)CC3)c(OCC(F)F)nc21. The molecule has 8 nitrogen and oxygen atoms in total. The van der Waals surface area contributed by atoms with Crippen LogP contribution in [-0.4, -0.2) is 45.7 Å². The molecule has 1 aliphatic rings. The van der Waals surface area contributed by atoms with Crippen LogP contribution in [0.25, 0.3) is 11.2 Å². The van der Waals surface area contributed by atoms with Crippen molar-refractivity contribution in [3.63, 3.8) is 0 Å². The van der Waals surface area contributed by atoms with Crippen LogP contribution < -0.4 is 20.7 Å². The van der Waals surface area contributed by atoms with Crippen LogP contribution in [0.5, 0.6) is 5.88 Å². The lowest BCUT2D eigenvalue weighted by Crippen LogP contribution is -2.36. The minimum atomic E-state index is -4.24. The highest BCUT2D eigenvalue weighted by Gasteiger charge is 2.41. The van der Waals surface area contributed by atoms with Gasteiger partial charge in [-0.15, -0.1) is 0 Å². The molecule has 2 aromatic heterocycles. The maximum Gasteiger partial charge on any atom is 0.391 e. The second-order valence-electron chi connectivity index (χ2n) is 11.9. The molecule has 0 bridgehead atoms. The fraction of sp³-hybridized carbons (Fsp3) is 0.552. The number of carbonyl (C=O) groups is 1. The van der Waals surface area contributed by atoms with Crippen molar-refractivity contribution >= 4 is 28.7 Å². The number of pyridine rings is 1. The van der Waals surface area contributed by atoms with E-state index in [0.717, 1.165) is 6.07 Å². The van der Waals surface area contributed by atoms with Gasteiger partial charge in [-0.25, -0.2) is 22.5 Å². The molecule has 0 unspecified atom stereocenters. The van der Waals surface area contributed by atoms with Crippen molar-refractivity contribution in [1.29, 1.82) is 0 Å². The lowest BCUT2D eigenvalue weighted by atomic mass is 9.85. The average Bonchev–Trinajstić information content (AvgIpc) is 3.24. The van der Waals surface area contributed by atoms with E-state index in [1.165, 1.54) is 23.7 Å². The van der Waals surface area contributed by atoms with Gasteiger partial charge in [-0.1, -0.05) is 26.8 Å². The van der Waals surface area contributed by atoms with Gasteiger partial charge in [0.2, 0.25) is 17.7 Å². The molecule has 0 atom stereocenters. The van der Waals surface area contributed by atoms with E-state index in [1.807, 2.05) is 0 Å². The molecule has 15 heteroatoms. The molecule has 1 aromatic carbocycles. The number of aryl methyl sites for hydroxylation is 1. The predicted molar refractivity (Wildman–Crippen MR) is 150 cm³/mol. The summed E-state index contributed by atoms with van der Waals surface area (Å²) in [4.78, 5) is 20.9. The van der Waals surface area contributed by atoms with Gasteiger partial charge in [-0.3, -0.25) is 9.36 Å². The molecule has 1 aliphatic carbocycles. The van der Waals surface area contributed by atoms with Gasteiger partial charge in [0, 0.05) is 42.7 Å². The third-order valence-electron chi connectivity index (χ3n) is 7.53. The second kappa shape index (κ2) is 13.2. The van der Waals surface area contributed by atoms with E-state index in [1.54, 1.807) is 20.8 Å². The van der Waals surface area contributed by atoms with Crippen molar-refractivity contribution in [2.75, 3.05) is 11.9 Å². The van der Waals surface area contributed by atoms with Gasteiger partial charge in [0.1, 0.15) is 17.0 Å². The fourth-order valence-electron chi connectivity index (χ4n) is 4.92. The Labute approximate surface area is 249 Å². The normalized spacial score (nSPS) is 17.7. The topological polar surface area (TPSA) is 93.1 Å². The summed E-state index contributed by atoms with van der Waals surface area (Å²) in [5.74, 6) is -3.67. The van der Waals surface area contributed by atoms with Gasteiger partial charge in [-0.05, 0) is 37.8 Å². The van der Waals surface area contributed by atoms with E-state index in [9.17, 15) is 31.1 Å². The number of nitrogens with zero attached hydrogens (tertiary/aromatic N) is 3. The largest absolute Gasteiger partial charge is 0.471 e. The van der Waals surface area contributed by atoms with Crippen LogP contribution in [0.15, 0.2) is 18.2 Å². The summed E-state index contributed by atoms with van der Waals surface area (Å²) in [5, 5.41) is 8.40. The zero-order valence-corrected chi connectivity index (χ0v) is 24.7. The molecular weight excluding hydrogens is 597 g/mol. The number of anilines is 2. The Morgan fingerprint density at radius 1 is 1.05 bits per heavy atom. The zero-order chi connectivity index (χ0) is 32.4. The lowest BCUT2D eigenvalue weighted by Gasteiger charge is -2.30. The van der Waals surface area contributed by atoms with Gasteiger partial charge in [-0.2, -0.15) is 18.2 Å². The van der Waals surface area contributed by atoms with Crippen molar-refractivity contribution in [1.82, 2.24) is 25.2 Å². The minimum absolute atomic E-state index is 0.0141. The monoisotopic (exact) mass is 632 g/mol. The molecule has 0 saturated heterocycles. The quantitative estimate of drug-likeness (QED) is 0.221. The van der Waals surface area contributed by atoms with Crippen LogP contribution in [0.2, 0.25) is 0 Å². The number of hydrogen-bond acceptors (Lipinski definition) is 6. The van der Waals surface area contributed by atoms with Crippen molar-refractivity contribution in [3.05, 3.63) is 41.0 Å². The maximum absolute atomic E-state index is 15.4. The number of aromatic nitrogens is 3. The summed E-state index contributed by atoms with van der Waals surface area (Å²) in [5.41, 5.74) is -0.432. The highest BCUT2D eigenvalue weighted by molar-refractivity contribution is 5.81. The second-order valence-corrected chi connectivity index (χ2v) is 11.9. The number of ether oxygens (including phenoxy) is 1. The number of benzene rings is 1. The van der Waals surface area contributed by atoms with Crippen molar-refractivity contribution in [3.8, 4) is 5.88 Å². The Hall–Kier alpha value is -3.62. The standard InChI is InChI=1S/C29H35F7N6O2/c1-28(2,3)26(43)38-12-15-5-10-19(30)23(22(15)33)40-27-39-20-11-16(25(44-14-21(31)32)41-24(20)42(27)4)13-37-18-8-6-17(7-9-18)29(34,35)36/h5,10-11,17-18,21,37H,6-9,12-14H2,1-4H3,(H,38,43)(H,39,40). The molecule has 2 heterocycles. The number of nitrogens with one attached hydrogen (secondary N) is 3. The van der Waals surface area contributed by atoms with E-state index >= 15 is 4.39 Å². The first-order chi connectivity index (χ1) is 20.5. The molecule has 44 heavy (non-hydrogen) atoms. The zero-order valence-electron chi connectivity index (χ0n) is 24.7. The third kappa shape index (κ3) is 7.90. The number of hydrogen-bond donors (Lipinski definition) is 3.